The Morgan fingerprint density at radius 2 is 1.95 bits per heavy atom. The zero-order valence-electron chi connectivity index (χ0n) is 10.2. The lowest BCUT2D eigenvalue weighted by Gasteiger charge is -2.13. The summed E-state index contributed by atoms with van der Waals surface area (Å²) in [5.41, 5.74) is 2.36. The Bertz CT molecular complexity index is 590. The van der Waals surface area contributed by atoms with E-state index in [0.717, 1.165) is 15.7 Å². The van der Waals surface area contributed by atoms with Gasteiger partial charge in [0, 0.05) is 16.7 Å². The average Bonchev–Trinajstić information content (AvgIpc) is 2.45. The van der Waals surface area contributed by atoms with Crippen LogP contribution in [-0.4, -0.2) is 11.7 Å². The number of aliphatic hydroxyl groups is 1. The number of nitrogens with one attached hydrogen (secondary N) is 1. The van der Waals surface area contributed by atoms with Crippen LogP contribution in [0.1, 0.15) is 17.2 Å². The summed E-state index contributed by atoms with van der Waals surface area (Å²) >= 11 is 3.38. The van der Waals surface area contributed by atoms with E-state index >= 15 is 0 Å². The lowest BCUT2D eigenvalue weighted by molar-refractivity contribution is 0.191. The summed E-state index contributed by atoms with van der Waals surface area (Å²) in [7, 11) is 0. The zero-order chi connectivity index (χ0) is 13.7. The van der Waals surface area contributed by atoms with E-state index < -0.39 is 6.10 Å². The van der Waals surface area contributed by atoms with Gasteiger partial charge < -0.3 is 10.4 Å². The third-order valence-corrected chi connectivity index (χ3v) is 3.24. The Labute approximate surface area is 120 Å². The van der Waals surface area contributed by atoms with E-state index in [9.17, 15) is 5.11 Å². The van der Waals surface area contributed by atoms with Gasteiger partial charge in [-0.2, -0.15) is 5.26 Å². The molecule has 0 bridgehead atoms. The van der Waals surface area contributed by atoms with E-state index in [1.165, 1.54) is 0 Å². The quantitative estimate of drug-likeness (QED) is 0.908. The molecule has 0 spiro atoms. The molecule has 2 aromatic rings. The lowest BCUT2D eigenvalue weighted by atomic mass is 10.1. The van der Waals surface area contributed by atoms with Gasteiger partial charge in [-0.15, -0.1) is 0 Å². The van der Waals surface area contributed by atoms with Gasteiger partial charge in [0.2, 0.25) is 0 Å². The molecule has 3 nitrogen and oxygen atoms in total. The van der Waals surface area contributed by atoms with Gasteiger partial charge >= 0.3 is 0 Å². The smallest absolute Gasteiger partial charge is 0.0991 e. The van der Waals surface area contributed by atoms with Crippen molar-refractivity contribution in [2.45, 2.75) is 6.10 Å². The Morgan fingerprint density at radius 3 is 2.58 bits per heavy atom. The van der Waals surface area contributed by atoms with Crippen molar-refractivity contribution < 1.29 is 5.11 Å². The van der Waals surface area contributed by atoms with Gasteiger partial charge in [0.25, 0.3) is 0 Å². The molecule has 0 saturated heterocycles. The van der Waals surface area contributed by atoms with Crippen LogP contribution in [0.3, 0.4) is 0 Å². The summed E-state index contributed by atoms with van der Waals surface area (Å²) in [4.78, 5) is 0. The second-order valence-electron chi connectivity index (χ2n) is 4.14. The molecule has 0 heterocycles. The minimum absolute atomic E-state index is 0.419. The maximum Gasteiger partial charge on any atom is 0.0991 e. The molecule has 1 atom stereocenters. The highest BCUT2D eigenvalue weighted by Crippen LogP contribution is 2.19. The second-order valence-corrected chi connectivity index (χ2v) is 5.06. The van der Waals surface area contributed by atoms with E-state index in [1.54, 1.807) is 12.1 Å². The number of rotatable bonds is 4. The number of hydrogen-bond donors (Lipinski definition) is 2. The molecule has 96 valence electrons. The molecule has 19 heavy (non-hydrogen) atoms. The van der Waals surface area contributed by atoms with E-state index in [2.05, 4.69) is 27.3 Å². The van der Waals surface area contributed by atoms with Crippen LogP contribution in [0.5, 0.6) is 0 Å². The highest BCUT2D eigenvalue weighted by atomic mass is 79.9. The Hall–Kier alpha value is -1.83. The van der Waals surface area contributed by atoms with E-state index in [1.807, 2.05) is 36.4 Å². The van der Waals surface area contributed by atoms with Crippen LogP contribution in [0.4, 0.5) is 5.69 Å². The molecule has 0 aliphatic carbocycles. The molecule has 4 heteroatoms. The van der Waals surface area contributed by atoms with Gasteiger partial charge in [0.15, 0.2) is 0 Å². The second kappa shape index (κ2) is 6.37. The largest absolute Gasteiger partial charge is 0.387 e. The van der Waals surface area contributed by atoms with Crippen molar-refractivity contribution in [3.05, 3.63) is 64.1 Å². The zero-order valence-corrected chi connectivity index (χ0v) is 11.8. The first kappa shape index (κ1) is 13.6. The molecule has 0 saturated carbocycles. The molecule has 2 rings (SSSR count). The first-order valence-corrected chi connectivity index (χ1v) is 6.66. The normalized spacial score (nSPS) is 11.6. The van der Waals surface area contributed by atoms with Crippen molar-refractivity contribution in [3.8, 4) is 6.07 Å². The minimum Gasteiger partial charge on any atom is -0.387 e. The molecule has 0 radical (unpaired) electrons. The standard InChI is InChI=1S/C15H13BrN2O/c16-13-3-1-2-12(8-13)15(19)10-18-14-6-4-11(9-17)5-7-14/h1-8,15,18-19H,10H2. The van der Waals surface area contributed by atoms with Crippen LogP contribution in [0, 0.1) is 11.3 Å². The van der Waals surface area contributed by atoms with Gasteiger partial charge in [-0.1, -0.05) is 28.1 Å². The van der Waals surface area contributed by atoms with Gasteiger partial charge in [-0.25, -0.2) is 0 Å². The number of aliphatic hydroxyl groups excluding tert-OH is 1. The molecule has 0 aliphatic heterocycles. The summed E-state index contributed by atoms with van der Waals surface area (Å²) in [6.07, 6.45) is -0.576. The molecule has 2 N–H and O–H groups in total. The highest BCUT2D eigenvalue weighted by Gasteiger charge is 2.07. The predicted octanol–water partition coefficient (Wildman–Crippen LogP) is 3.47. The fourth-order valence-electron chi connectivity index (χ4n) is 1.71. The first-order valence-electron chi connectivity index (χ1n) is 5.86. The number of anilines is 1. The van der Waals surface area contributed by atoms with Crippen LogP contribution >= 0.6 is 15.9 Å². The van der Waals surface area contributed by atoms with Gasteiger partial charge in [-0.3, -0.25) is 0 Å². The summed E-state index contributed by atoms with van der Waals surface area (Å²) in [5.74, 6) is 0. The molecule has 1 unspecified atom stereocenters. The molecule has 0 fully saturated rings. The minimum atomic E-state index is -0.576. The first-order chi connectivity index (χ1) is 9.19. The summed E-state index contributed by atoms with van der Waals surface area (Å²) in [5, 5.41) is 21.9. The monoisotopic (exact) mass is 316 g/mol. The Balaban J connectivity index is 1.96. The number of hydrogen-bond acceptors (Lipinski definition) is 3. The molecular weight excluding hydrogens is 304 g/mol. The molecule has 0 aromatic heterocycles. The summed E-state index contributed by atoms with van der Waals surface area (Å²) < 4.78 is 0.947. The van der Waals surface area contributed by atoms with Crippen LogP contribution in [-0.2, 0) is 0 Å². The van der Waals surface area contributed by atoms with Crippen LogP contribution < -0.4 is 5.32 Å². The van der Waals surface area contributed by atoms with Gasteiger partial charge in [0.1, 0.15) is 0 Å². The molecule has 0 aliphatic rings. The molecule has 2 aromatic carbocycles. The maximum absolute atomic E-state index is 10.1. The van der Waals surface area contributed by atoms with Gasteiger partial charge in [0.05, 0.1) is 17.7 Å². The van der Waals surface area contributed by atoms with Crippen molar-refractivity contribution in [2.24, 2.45) is 0 Å². The molecule has 0 amide bonds. The van der Waals surface area contributed by atoms with Crippen LogP contribution in [0.2, 0.25) is 0 Å². The number of nitrogens with zero attached hydrogens (tertiary/aromatic N) is 1. The van der Waals surface area contributed by atoms with E-state index in [4.69, 9.17) is 5.26 Å². The van der Waals surface area contributed by atoms with Gasteiger partial charge in [-0.05, 0) is 42.0 Å². The van der Waals surface area contributed by atoms with Crippen LogP contribution in [0.15, 0.2) is 53.0 Å². The maximum atomic E-state index is 10.1. The predicted molar refractivity (Wildman–Crippen MR) is 78.7 cm³/mol. The summed E-state index contributed by atoms with van der Waals surface area (Å²) in [6.45, 7) is 0.419. The number of nitriles is 1. The van der Waals surface area contributed by atoms with E-state index in [0.29, 0.717) is 12.1 Å². The Morgan fingerprint density at radius 1 is 1.21 bits per heavy atom. The topological polar surface area (TPSA) is 56.0 Å². The SMILES string of the molecule is N#Cc1ccc(NCC(O)c2cccc(Br)c2)cc1. The number of benzene rings is 2. The van der Waals surface area contributed by atoms with Crippen molar-refractivity contribution in [3.63, 3.8) is 0 Å². The average molecular weight is 317 g/mol. The highest BCUT2D eigenvalue weighted by molar-refractivity contribution is 9.10. The van der Waals surface area contributed by atoms with Crippen molar-refractivity contribution in [1.82, 2.24) is 0 Å². The van der Waals surface area contributed by atoms with Crippen molar-refractivity contribution in [2.75, 3.05) is 11.9 Å². The fourth-order valence-corrected chi connectivity index (χ4v) is 2.13. The lowest BCUT2D eigenvalue weighted by Crippen LogP contribution is -2.12. The third kappa shape index (κ3) is 3.82. The fraction of sp³-hybridized carbons (Fsp3) is 0.133. The van der Waals surface area contributed by atoms with Crippen LogP contribution in [0.25, 0.3) is 0 Å². The number of halogens is 1. The Kier molecular flexibility index (Phi) is 4.56. The van der Waals surface area contributed by atoms with E-state index in [-0.39, 0.29) is 0 Å². The van der Waals surface area contributed by atoms with Crippen molar-refractivity contribution >= 4 is 21.6 Å². The third-order valence-electron chi connectivity index (χ3n) is 2.75. The molecular formula is C15H13BrN2O. The van der Waals surface area contributed by atoms with Crippen molar-refractivity contribution in [1.29, 1.82) is 5.26 Å². The summed E-state index contributed by atoms with van der Waals surface area (Å²) in [6, 6.07) is 16.8.